The highest BCUT2D eigenvalue weighted by Gasteiger charge is 2.20. The molecule has 20 heavy (non-hydrogen) atoms. The van der Waals surface area contributed by atoms with E-state index in [2.05, 4.69) is 10.4 Å². The van der Waals surface area contributed by atoms with Crippen LogP contribution in [0.5, 0.6) is 0 Å². The van der Waals surface area contributed by atoms with Crippen molar-refractivity contribution in [3.8, 4) is 0 Å². The summed E-state index contributed by atoms with van der Waals surface area (Å²) in [6.45, 7) is 1.84. The summed E-state index contributed by atoms with van der Waals surface area (Å²) in [5.41, 5.74) is 0.317. The van der Waals surface area contributed by atoms with Gasteiger partial charge in [-0.3, -0.25) is 24.9 Å². The molecule has 0 fully saturated rings. The van der Waals surface area contributed by atoms with Crippen molar-refractivity contribution in [3.05, 3.63) is 50.2 Å². The van der Waals surface area contributed by atoms with Gasteiger partial charge in [-0.2, -0.15) is 5.10 Å². The molecule has 0 unspecified atom stereocenters. The molecule has 0 saturated carbocycles. The number of hydrogen-bond acceptors (Lipinski definition) is 6. The smallest absolute Gasteiger partial charge is 0.299 e. The minimum absolute atomic E-state index is 0.152. The molecule has 1 N–H and O–H groups in total. The van der Waals surface area contributed by atoms with Gasteiger partial charge in [0.05, 0.1) is 15.9 Å². The zero-order chi connectivity index (χ0) is 14.9. The van der Waals surface area contributed by atoms with E-state index in [0.29, 0.717) is 5.82 Å². The second-order valence-electron chi connectivity index (χ2n) is 4.14. The first-order valence-electron chi connectivity index (χ1n) is 5.59. The third-order valence-corrected chi connectivity index (χ3v) is 2.77. The molecular weight excluding hydrogens is 266 g/mol. The topological polar surface area (TPSA) is 116 Å². The van der Waals surface area contributed by atoms with E-state index >= 15 is 0 Å². The third-order valence-electron chi connectivity index (χ3n) is 2.77. The van der Waals surface area contributed by atoms with Crippen molar-refractivity contribution >= 4 is 22.9 Å². The second-order valence-corrected chi connectivity index (χ2v) is 4.14. The Bertz CT molecular complexity index is 675. The van der Waals surface area contributed by atoms with Crippen molar-refractivity contribution in [3.63, 3.8) is 0 Å². The lowest BCUT2D eigenvalue weighted by atomic mass is 10.2. The molecule has 104 valence electrons. The number of non-ortho nitro benzene ring substituents is 1. The zero-order valence-corrected chi connectivity index (χ0v) is 10.7. The predicted octanol–water partition coefficient (Wildman–Crippen LogP) is 2.29. The molecule has 0 saturated heterocycles. The summed E-state index contributed by atoms with van der Waals surface area (Å²) in [6, 6.07) is 5.12. The first kappa shape index (κ1) is 13.5. The van der Waals surface area contributed by atoms with Crippen LogP contribution in [0.2, 0.25) is 0 Å². The molecular formula is C11H11N5O4. The minimum Gasteiger partial charge on any atom is -0.333 e. The van der Waals surface area contributed by atoms with Gasteiger partial charge in [-0.05, 0) is 13.0 Å². The van der Waals surface area contributed by atoms with E-state index < -0.39 is 9.85 Å². The first-order chi connectivity index (χ1) is 9.38. The van der Waals surface area contributed by atoms with Gasteiger partial charge < -0.3 is 5.32 Å². The van der Waals surface area contributed by atoms with Crippen LogP contribution in [0.15, 0.2) is 24.3 Å². The summed E-state index contributed by atoms with van der Waals surface area (Å²) in [7, 11) is 1.74. The molecule has 0 aliphatic rings. The Morgan fingerprint density at radius 2 is 1.90 bits per heavy atom. The van der Waals surface area contributed by atoms with Crippen LogP contribution >= 0.6 is 0 Å². The van der Waals surface area contributed by atoms with Gasteiger partial charge in [0.2, 0.25) is 0 Å². The third kappa shape index (κ3) is 2.55. The number of nitro groups is 2. The van der Waals surface area contributed by atoms with Crippen molar-refractivity contribution in [2.75, 3.05) is 5.32 Å². The molecule has 0 aliphatic heterocycles. The Morgan fingerprint density at radius 1 is 1.20 bits per heavy atom. The average Bonchev–Trinajstić information content (AvgIpc) is 2.68. The molecule has 9 heteroatoms. The van der Waals surface area contributed by atoms with Gasteiger partial charge in [0.1, 0.15) is 5.69 Å². The quantitative estimate of drug-likeness (QED) is 0.676. The highest BCUT2D eigenvalue weighted by Crippen LogP contribution is 2.30. The molecule has 0 radical (unpaired) electrons. The van der Waals surface area contributed by atoms with Crippen LogP contribution in [0.25, 0.3) is 0 Å². The fraction of sp³-hybridized carbons (Fsp3) is 0.182. The molecule has 1 aromatic heterocycles. The second kappa shape index (κ2) is 4.96. The van der Waals surface area contributed by atoms with Crippen LogP contribution < -0.4 is 5.32 Å². The Labute approximate surface area is 113 Å². The molecule has 2 rings (SSSR count). The maximum Gasteiger partial charge on any atom is 0.299 e. The van der Waals surface area contributed by atoms with E-state index in [1.807, 2.05) is 6.92 Å². The van der Waals surface area contributed by atoms with Gasteiger partial charge >= 0.3 is 0 Å². The number of nitro benzene ring substituents is 2. The Kier molecular flexibility index (Phi) is 3.34. The maximum absolute atomic E-state index is 11.0. The summed E-state index contributed by atoms with van der Waals surface area (Å²) < 4.78 is 1.61. The number of nitrogens with zero attached hydrogens (tertiary/aromatic N) is 4. The van der Waals surface area contributed by atoms with E-state index in [9.17, 15) is 20.2 Å². The summed E-state index contributed by atoms with van der Waals surface area (Å²) >= 11 is 0. The summed E-state index contributed by atoms with van der Waals surface area (Å²) in [5, 5.41) is 28.5. The molecule has 2 aromatic rings. The van der Waals surface area contributed by atoms with Crippen LogP contribution in [0.3, 0.4) is 0 Å². The summed E-state index contributed by atoms with van der Waals surface area (Å²) in [4.78, 5) is 20.3. The molecule has 0 spiro atoms. The van der Waals surface area contributed by atoms with Gasteiger partial charge in [-0.15, -0.1) is 0 Å². The van der Waals surface area contributed by atoms with Crippen LogP contribution in [-0.4, -0.2) is 19.6 Å². The molecule has 1 aromatic carbocycles. The van der Waals surface area contributed by atoms with Crippen LogP contribution in [0, 0.1) is 27.2 Å². The van der Waals surface area contributed by atoms with Gasteiger partial charge in [-0.1, -0.05) is 0 Å². The number of hydrogen-bond donors (Lipinski definition) is 1. The first-order valence-corrected chi connectivity index (χ1v) is 5.59. The Balaban J connectivity index is 2.40. The predicted molar refractivity (Wildman–Crippen MR) is 71.0 cm³/mol. The number of aryl methyl sites for hydroxylation is 2. The van der Waals surface area contributed by atoms with Gasteiger partial charge in [0, 0.05) is 24.9 Å². The van der Waals surface area contributed by atoms with Crippen LogP contribution in [-0.2, 0) is 7.05 Å². The van der Waals surface area contributed by atoms with Crippen molar-refractivity contribution < 1.29 is 9.85 Å². The van der Waals surface area contributed by atoms with Crippen molar-refractivity contribution in [2.24, 2.45) is 7.05 Å². The lowest BCUT2D eigenvalue weighted by molar-refractivity contribution is -0.393. The molecule has 0 aliphatic carbocycles. The fourth-order valence-corrected chi connectivity index (χ4v) is 1.65. The monoisotopic (exact) mass is 277 g/mol. The molecule has 9 nitrogen and oxygen atoms in total. The highest BCUT2D eigenvalue weighted by atomic mass is 16.6. The normalized spacial score (nSPS) is 10.3. The highest BCUT2D eigenvalue weighted by molar-refractivity contribution is 5.70. The summed E-state index contributed by atoms with van der Waals surface area (Å²) in [5.74, 6) is 0.432. The summed E-state index contributed by atoms with van der Waals surface area (Å²) in [6.07, 6.45) is 0. The number of rotatable bonds is 4. The largest absolute Gasteiger partial charge is 0.333 e. The number of aromatic nitrogens is 2. The average molecular weight is 277 g/mol. The van der Waals surface area contributed by atoms with Gasteiger partial charge in [-0.25, -0.2) is 0 Å². The van der Waals surface area contributed by atoms with Gasteiger partial charge in [0.25, 0.3) is 11.4 Å². The van der Waals surface area contributed by atoms with Crippen molar-refractivity contribution in [2.45, 2.75) is 6.92 Å². The minimum atomic E-state index is -0.679. The SMILES string of the molecule is Cc1cc(Nc2ccc([N+](=O)[O-])cc2[N+](=O)[O-])nn1C. The van der Waals surface area contributed by atoms with E-state index in [0.717, 1.165) is 11.8 Å². The Hall–Kier alpha value is -2.97. The van der Waals surface area contributed by atoms with E-state index in [4.69, 9.17) is 0 Å². The zero-order valence-electron chi connectivity index (χ0n) is 10.7. The van der Waals surface area contributed by atoms with Crippen LogP contribution in [0.4, 0.5) is 22.9 Å². The van der Waals surface area contributed by atoms with E-state index in [1.54, 1.807) is 17.8 Å². The van der Waals surface area contributed by atoms with Gasteiger partial charge in [0.15, 0.2) is 5.82 Å². The Morgan fingerprint density at radius 3 is 2.40 bits per heavy atom. The van der Waals surface area contributed by atoms with E-state index in [1.165, 1.54) is 12.1 Å². The van der Waals surface area contributed by atoms with Crippen molar-refractivity contribution in [1.29, 1.82) is 0 Å². The number of anilines is 2. The maximum atomic E-state index is 11.0. The molecule has 0 bridgehead atoms. The lowest BCUT2D eigenvalue weighted by Gasteiger charge is -2.03. The number of benzene rings is 1. The molecule has 0 amide bonds. The molecule has 1 heterocycles. The molecule has 0 atom stereocenters. The van der Waals surface area contributed by atoms with Crippen LogP contribution in [0.1, 0.15) is 5.69 Å². The fourth-order valence-electron chi connectivity index (χ4n) is 1.65. The standard InChI is InChI=1S/C11H11N5O4/c1-7-5-11(13-14(7)2)12-9-4-3-8(15(17)18)6-10(9)16(19)20/h3-6H,1-2H3,(H,12,13). The lowest BCUT2D eigenvalue weighted by Crippen LogP contribution is -2.00. The van der Waals surface area contributed by atoms with Crippen molar-refractivity contribution in [1.82, 2.24) is 9.78 Å². The number of nitrogens with one attached hydrogen (secondary N) is 1. The van der Waals surface area contributed by atoms with E-state index in [-0.39, 0.29) is 17.1 Å².